The Morgan fingerprint density at radius 2 is 2.11 bits per heavy atom. The Labute approximate surface area is 63.7 Å². The van der Waals surface area contributed by atoms with Crippen LogP contribution in [-0.4, -0.2) is 21.0 Å². The van der Waals surface area contributed by atoms with Gasteiger partial charge in [-0.25, -0.2) is 4.57 Å². The Kier molecular flexibility index (Phi) is 4.20. The third-order valence-electron chi connectivity index (χ3n) is 0.415. The van der Waals surface area contributed by atoms with Crippen LogP contribution in [0, 0.1) is 0 Å². The average Bonchev–Trinajstić information content (AvgIpc) is 1.62. The van der Waals surface area contributed by atoms with Gasteiger partial charge in [0, 0.05) is 5.75 Å². The molecule has 0 heterocycles. The maximum absolute atomic E-state index is 9.99. The third kappa shape index (κ3) is 6.70. The predicted octanol–water partition coefficient (Wildman–Crippen LogP) is 0.281. The highest BCUT2D eigenvalue weighted by Crippen LogP contribution is 2.38. The van der Waals surface area contributed by atoms with Crippen LogP contribution in [0.3, 0.4) is 0 Å². The van der Waals surface area contributed by atoms with Crippen LogP contribution in [0.2, 0.25) is 0 Å². The maximum Gasteiger partial charge on any atom is 0.470 e. The minimum atomic E-state index is -4.36. The molecule has 0 bridgehead atoms. The Balaban J connectivity index is 3.60. The second-order valence-electron chi connectivity index (χ2n) is 1.23. The van der Waals surface area contributed by atoms with Crippen molar-refractivity contribution in [2.45, 2.75) is 5.44 Å². The molecule has 1 atom stereocenters. The molecule has 9 heavy (non-hydrogen) atoms. The number of hydrogen-bond donors (Lipinski definition) is 4. The van der Waals surface area contributed by atoms with Gasteiger partial charge in [0.1, 0.15) is 5.44 Å². The van der Waals surface area contributed by atoms with Crippen LogP contribution in [0.5, 0.6) is 0 Å². The zero-order chi connectivity index (χ0) is 7.49. The lowest BCUT2D eigenvalue weighted by Crippen LogP contribution is -2.03. The predicted molar refractivity (Wildman–Crippen MR) is 39.8 cm³/mol. The van der Waals surface area contributed by atoms with E-state index in [4.69, 9.17) is 9.79 Å². The van der Waals surface area contributed by atoms with E-state index in [-0.39, 0.29) is 5.75 Å². The van der Waals surface area contributed by atoms with Crippen molar-refractivity contribution in [2.75, 3.05) is 5.75 Å². The molecule has 0 radical (unpaired) electrons. The van der Waals surface area contributed by atoms with Gasteiger partial charge >= 0.3 is 7.82 Å². The highest BCUT2D eigenvalue weighted by atomic mass is 32.1. The fourth-order valence-electron chi connectivity index (χ4n) is 0.192. The molecule has 56 valence electrons. The molecule has 1 unspecified atom stereocenters. The lowest BCUT2D eigenvalue weighted by atomic mass is 10.9. The zero-order valence-corrected chi connectivity index (χ0v) is 7.02. The summed E-state index contributed by atoms with van der Waals surface area (Å²) in [4.78, 5) is 16.3. The lowest BCUT2D eigenvalue weighted by molar-refractivity contribution is 0.194. The summed E-state index contributed by atoms with van der Waals surface area (Å²) in [6.45, 7) is 0. The van der Waals surface area contributed by atoms with Crippen molar-refractivity contribution in [1.29, 1.82) is 0 Å². The fourth-order valence-corrected chi connectivity index (χ4v) is 1.14. The van der Waals surface area contributed by atoms with Gasteiger partial charge in [-0.15, -0.1) is 12.6 Å². The molecule has 0 aromatic carbocycles. The van der Waals surface area contributed by atoms with Crippen LogP contribution in [0.4, 0.5) is 0 Å². The largest absolute Gasteiger partial charge is 0.470 e. The smallest absolute Gasteiger partial charge is 0.303 e. The Bertz CT molecular complexity index is 122. The molecule has 0 amide bonds. The van der Waals surface area contributed by atoms with E-state index in [0.717, 1.165) is 0 Å². The molecule has 4 nitrogen and oxygen atoms in total. The van der Waals surface area contributed by atoms with Crippen molar-refractivity contribution >= 4 is 33.1 Å². The zero-order valence-electron chi connectivity index (χ0n) is 4.34. The second-order valence-corrected chi connectivity index (χ2v) is 3.37. The van der Waals surface area contributed by atoms with Crippen LogP contribution in [0.25, 0.3) is 0 Å². The number of thiol groups is 2. The minimum Gasteiger partial charge on any atom is -0.303 e. The molecule has 0 aromatic rings. The standard InChI is InChI=1S/C2H7O4PS2/c3-7(4,5)6-2(9)1-8/h2,8-9H,1H2,(H2,3,4,5). The summed E-state index contributed by atoms with van der Waals surface area (Å²) in [5, 5.41) is 0. The van der Waals surface area contributed by atoms with E-state index in [1.807, 2.05) is 0 Å². The van der Waals surface area contributed by atoms with Crippen molar-refractivity contribution in [3.05, 3.63) is 0 Å². The number of rotatable bonds is 3. The van der Waals surface area contributed by atoms with E-state index in [0.29, 0.717) is 0 Å². The fraction of sp³-hybridized carbons (Fsp3) is 1.00. The first-order valence-corrected chi connectivity index (χ1v) is 4.66. The Morgan fingerprint density at radius 1 is 1.67 bits per heavy atom. The molecule has 0 saturated heterocycles. The summed E-state index contributed by atoms with van der Waals surface area (Å²) in [6.07, 6.45) is 0. The van der Waals surface area contributed by atoms with E-state index >= 15 is 0 Å². The summed E-state index contributed by atoms with van der Waals surface area (Å²) < 4.78 is 14.0. The molecular formula is C2H7O4PS2. The van der Waals surface area contributed by atoms with E-state index in [1.165, 1.54) is 0 Å². The van der Waals surface area contributed by atoms with E-state index < -0.39 is 13.3 Å². The molecule has 7 heteroatoms. The molecule has 0 aliphatic carbocycles. The van der Waals surface area contributed by atoms with Crippen LogP contribution < -0.4 is 0 Å². The monoisotopic (exact) mass is 190 g/mol. The van der Waals surface area contributed by atoms with Gasteiger partial charge in [-0.1, -0.05) is 0 Å². The molecule has 0 aromatic heterocycles. The number of phosphoric ester groups is 1. The molecule has 0 rings (SSSR count). The van der Waals surface area contributed by atoms with Crippen molar-refractivity contribution in [3.8, 4) is 0 Å². The van der Waals surface area contributed by atoms with Crippen molar-refractivity contribution in [2.24, 2.45) is 0 Å². The summed E-state index contributed by atoms with van der Waals surface area (Å²) >= 11 is 7.32. The first kappa shape index (κ1) is 9.81. The Morgan fingerprint density at radius 3 is 2.22 bits per heavy atom. The van der Waals surface area contributed by atoms with Gasteiger partial charge in [0.15, 0.2) is 0 Å². The molecule has 0 spiro atoms. The van der Waals surface area contributed by atoms with Gasteiger partial charge in [0.05, 0.1) is 0 Å². The average molecular weight is 190 g/mol. The molecule has 0 saturated carbocycles. The highest BCUT2D eigenvalue weighted by molar-refractivity contribution is 7.84. The van der Waals surface area contributed by atoms with Crippen LogP contribution in [0.1, 0.15) is 0 Å². The summed E-state index contributed by atoms with van der Waals surface area (Å²) in [5.41, 5.74) is -0.811. The molecule has 0 aliphatic rings. The quantitative estimate of drug-likeness (QED) is 0.293. The first-order chi connectivity index (χ1) is 3.95. The topological polar surface area (TPSA) is 66.8 Å². The summed E-state index contributed by atoms with van der Waals surface area (Å²) in [7, 11) is -4.36. The minimum absolute atomic E-state index is 0.161. The van der Waals surface area contributed by atoms with Gasteiger partial charge in [-0.2, -0.15) is 12.6 Å². The van der Waals surface area contributed by atoms with Crippen LogP contribution in [-0.2, 0) is 9.09 Å². The molecule has 2 N–H and O–H groups in total. The number of hydrogen-bond acceptors (Lipinski definition) is 4. The molecule has 0 aliphatic heterocycles. The van der Waals surface area contributed by atoms with Gasteiger partial charge in [-0.05, 0) is 0 Å². The van der Waals surface area contributed by atoms with Crippen molar-refractivity contribution < 1.29 is 18.9 Å². The van der Waals surface area contributed by atoms with Gasteiger partial charge in [-0.3, -0.25) is 4.52 Å². The van der Waals surface area contributed by atoms with Gasteiger partial charge in [0.2, 0.25) is 0 Å². The highest BCUT2D eigenvalue weighted by Gasteiger charge is 2.17. The molecular weight excluding hydrogens is 183 g/mol. The van der Waals surface area contributed by atoms with Gasteiger partial charge < -0.3 is 9.79 Å². The normalized spacial score (nSPS) is 15.6. The molecule has 0 fully saturated rings. The van der Waals surface area contributed by atoms with Crippen molar-refractivity contribution in [3.63, 3.8) is 0 Å². The Hall–Kier alpha value is 0.810. The summed E-state index contributed by atoms with van der Waals surface area (Å²) in [6, 6.07) is 0. The second kappa shape index (κ2) is 3.85. The van der Waals surface area contributed by atoms with E-state index in [9.17, 15) is 4.57 Å². The van der Waals surface area contributed by atoms with E-state index in [2.05, 4.69) is 29.8 Å². The van der Waals surface area contributed by atoms with Crippen molar-refractivity contribution in [1.82, 2.24) is 0 Å². The third-order valence-corrected chi connectivity index (χ3v) is 2.02. The van der Waals surface area contributed by atoms with Gasteiger partial charge in [0.25, 0.3) is 0 Å². The van der Waals surface area contributed by atoms with Crippen LogP contribution >= 0.6 is 33.1 Å². The number of phosphoric acid groups is 1. The lowest BCUT2D eigenvalue weighted by Gasteiger charge is -2.08. The summed E-state index contributed by atoms with van der Waals surface area (Å²) in [5.74, 6) is 0.161. The van der Waals surface area contributed by atoms with E-state index in [1.54, 1.807) is 0 Å². The SMILES string of the molecule is O=P(O)(O)OC(S)CS. The maximum atomic E-state index is 9.99. The van der Waals surface area contributed by atoms with Crippen LogP contribution in [0.15, 0.2) is 0 Å². The first-order valence-electron chi connectivity index (χ1n) is 1.98.